The van der Waals surface area contributed by atoms with Gasteiger partial charge in [0.05, 0.1) is 23.6 Å². The van der Waals surface area contributed by atoms with Gasteiger partial charge in [-0.15, -0.1) is 11.6 Å². The van der Waals surface area contributed by atoms with Crippen LogP contribution >= 0.6 is 11.6 Å². The number of alkyl halides is 1. The summed E-state index contributed by atoms with van der Waals surface area (Å²) < 4.78 is 29.3. The molecular weight excluding hydrogens is 312 g/mol. The summed E-state index contributed by atoms with van der Waals surface area (Å²) >= 11 is 5.43. The molecule has 0 aliphatic rings. The van der Waals surface area contributed by atoms with Crippen LogP contribution in [0, 0.1) is 10.1 Å². The number of esters is 1. The number of nitro groups is 1. The molecular formula is C10H11ClN2O6S. The summed E-state index contributed by atoms with van der Waals surface area (Å²) in [6, 6.07) is 2.59. The van der Waals surface area contributed by atoms with E-state index in [1.54, 1.807) is 0 Å². The number of ether oxygens (including phenoxy) is 1. The Morgan fingerprint density at radius 2 is 2.10 bits per heavy atom. The van der Waals surface area contributed by atoms with Crippen LogP contribution < -0.4 is 0 Å². The van der Waals surface area contributed by atoms with Gasteiger partial charge in [0.25, 0.3) is 15.7 Å². The molecule has 0 radical (unpaired) electrons. The van der Waals surface area contributed by atoms with Crippen LogP contribution in [0.2, 0.25) is 0 Å². The summed E-state index contributed by atoms with van der Waals surface area (Å²) in [4.78, 5) is 20.9. The van der Waals surface area contributed by atoms with E-state index in [2.05, 4.69) is 4.74 Å². The number of rotatable bonds is 5. The van der Waals surface area contributed by atoms with Crippen LogP contribution in [0.3, 0.4) is 0 Å². The number of hydrogen-bond acceptors (Lipinski definition) is 6. The molecule has 0 amide bonds. The van der Waals surface area contributed by atoms with E-state index in [0.717, 1.165) is 29.6 Å². The highest BCUT2D eigenvalue weighted by atomic mass is 35.5. The second-order valence-electron chi connectivity index (χ2n) is 3.65. The first-order chi connectivity index (χ1) is 9.25. The predicted molar refractivity (Wildman–Crippen MR) is 70.1 cm³/mol. The van der Waals surface area contributed by atoms with Gasteiger partial charge in [0, 0.05) is 13.1 Å². The average Bonchev–Trinajstić information content (AvgIpc) is 2.44. The third-order valence-corrected chi connectivity index (χ3v) is 4.78. The van der Waals surface area contributed by atoms with E-state index in [1.807, 2.05) is 0 Å². The van der Waals surface area contributed by atoms with Gasteiger partial charge in [-0.3, -0.25) is 10.1 Å². The largest absolute Gasteiger partial charge is 0.465 e. The lowest BCUT2D eigenvalue weighted by Gasteiger charge is -2.14. The Hall–Kier alpha value is -1.71. The number of nitro benzene ring substituents is 1. The van der Waals surface area contributed by atoms with Crippen molar-refractivity contribution in [1.82, 2.24) is 4.31 Å². The van der Waals surface area contributed by atoms with Crippen molar-refractivity contribution in [3.63, 3.8) is 0 Å². The van der Waals surface area contributed by atoms with E-state index in [1.165, 1.54) is 7.05 Å². The third-order valence-electron chi connectivity index (χ3n) is 2.43. The lowest BCUT2D eigenvalue weighted by atomic mass is 10.2. The molecule has 110 valence electrons. The van der Waals surface area contributed by atoms with Gasteiger partial charge in [-0.05, 0) is 12.1 Å². The third kappa shape index (κ3) is 3.06. The van der Waals surface area contributed by atoms with Crippen molar-refractivity contribution in [3.05, 3.63) is 33.9 Å². The first-order valence-electron chi connectivity index (χ1n) is 5.14. The summed E-state index contributed by atoms with van der Waals surface area (Å²) in [7, 11) is -1.81. The van der Waals surface area contributed by atoms with Crippen molar-refractivity contribution >= 4 is 33.3 Å². The molecule has 10 heteroatoms. The van der Waals surface area contributed by atoms with Crippen LogP contribution in [-0.2, 0) is 14.8 Å². The number of carbonyl (C=O) groups excluding carboxylic acids is 1. The highest BCUT2D eigenvalue weighted by Gasteiger charge is 2.30. The van der Waals surface area contributed by atoms with Crippen molar-refractivity contribution in [2.24, 2.45) is 0 Å². The molecule has 0 unspecified atom stereocenters. The molecule has 8 nitrogen and oxygen atoms in total. The van der Waals surface area contributed by atoms with Crippen LogP contribution in [0.1, 0.15) is 10.4 Å². The highest BCUT2D eigenvalue weighted by molar-refractivity contribution is 7.89. The van der Waals surface area contributed by atoms with E-state index in [9.17, 15) is 23.3 Å². The maximum absolute atomic E-state index is 12.1. The van der Waals surface area contributed by atoms with Crippen LogP contribution in [0.15, 0.2) is 23.1 Å². The van der Waals surface area contributed by atoms with Gasteiger partial charge in [-0.1, -0.05) is 0 Å². The fraction of sp³-hybridized carbons (Fsp3) is 0.300. The van der Waals surface area contributed by atoms with Crippen LogP contribution in [0.4, 0.5) is 5.69 Å². The molecule has 0 heterocycles. The molecule has 0 saturated carbocycles. The lowest BCUT2D eigenvalue weighted by Crippen LogP contribution is -2.26. The Kier molecular flexibility index (Phi) is 5.03. The lowest BCUT2D eigenvalue weighted by molar-refractivity contribution is -0.387. The Morgan fingerprint density at radius 1 is 1.50 bits per heavy atom. The predicted octanol–water partition coefficient (Wildman–Crippen LogP) is 1.20. The molecule has 0 spiro atoms. The number of methoxy groups -OCH3 is 1. The minimum atomic E-state index is -4.11. The van der Waals surface area contributed by atoms with Crippen molar-refractivity contribution in [1.29, 1.82) is 0 Å². The first kappa shape index (κ1) is 16.3. The quantitative estimate of drug-likeness (QED) is 0.265. The number of nitrogens with zero attached hydrogens (tertiary/aromatic N) is 2. The molecule has 0 fully saturated rings. The first-order valence-corrected chi connectivity index (χ1v) is 7.12. The fourth-order valence-corrected chi connectivity index (χ4v) is 2.84. The maximum Gasteiger partial charge on any atom is 0.338 e. The summed E-state index contributed by atoms with van der Waals surface area (Å²) in [6.07, 6.45) is 0. The number of halogens is 1. The van der Waals surface area contributed by atoms with Gasteiger partial charge in [-0.2, -0.15) is 4.31 Å². The standard InChI is InChI=1S/C10H11ClN2O6S/c1-12(6-11)20(17,18)9-4-3-7(10(14)19-2)5-8(9)13(15)16/h3-5H,6H2,1-2H3. The molecule has 0 aromatic heterocycles. The van der Waals surface area contributed by atoms with Crippen LogP contribution in [0.25, 0.3) is 0 Å². The van der Waals surface area contributed by atoms with Crippen LogP contribution in [-0.4, -0.2) is 43.8 Å². The fourth-order valence-electron chi connectivity index (χ4n) is 1.36. The van der Waals surface area contributed by atoms with Gasteiger partial charge in [0.1, 0.15) is 0 Å². The molecule has 0 atom stereocenters. The molecule has 0 saturated heterocycles. The summed E-state index contributed by atoms with van der Waals surface area (Å²) in [5, 5.41) is 11.0. The smallest absolute Gasteiger partial charge is 0.338 e. The number of benzene rings is 1. The monoisotopic (exact) mass is 322 g/mol. The Labute approximate surface area is 120 Å². The average molecular weight is 323 g/mol. The summed E-state index contributed by atoms with van der Waals surface area (Å²) in [5.41, 5.74) is -0.837. The van der Waals surface area contributed by atoms with E-state index in [4.69, 9.17) is 11.6 Å². The normalized spacial score (nSPS) is 11.4. The molecule has 0 N–H and O–H groups in total. The molecule has 20 heavy (non-hydrogen) atoms. The molecule has 1 rings (SSSR count). The number of carbonyl (C=O) groups is 1. The minimum absolute atomic E-state index is 0.119. The summed E-state index contributed by atoms with van der Waals surface area (Å²) in [5.74, 6) is -0.803. The zero-order valence-corrected chi connectivity index (χ0v) is 12.1. The Balaban J connectivity index is 3.50. The topological polar surface area (TPSA) is 107 Å². The van der Waals surface area contributed by atoms with Gasteiger partial charge < -0.3 is 4.74 Å². The molecule has 0 aliphatic carbocycles. The Morgan fingerprint density at radius 3 is 2.55 bits per heavy atom. The van der Waals surface area contributed by atoms with Gasteiger partial charge in [0.15, 0.2) is 4.90 Å². The van der Waals surface area contributed by atoms with Gasteiger partial charge in [0.2, 0.25) is 0 Å². The van der Waals surface area contributed by atoms with E-state index >= 15 is 0 Å². The van der Waals surface area contributed by atoms with E-state index < -0.39 is 31.5 Å². The van der Waals surface area contributed by atoms with Crippen molar-refractivity contribution in [2.45, 2.75) is 4.90 Å². The molecule has 1 aromatic rings. The zero-order chi connectivity index (χ0) is 15.5. The zero-order valence-electron chi connectivity index (χ0n) is 10.6. The maximum atomic E-state index is 12.1. The van der Waals surface area contributed by atoms with Gasteiger partial charge in [-0.25, -0.2) is 13.2 Å². The van der Waals surface area contributed by atoms with Crippen molar-refractivity contribution < 1.29 is 22.9 Å². The summed E-state index contributed by atoms with van der Waals surface area (Å²) in [6.45, 7) is 0. The van der Waals surface area contributed by atoms with Crippen molar-refractivity contribution in [3.8, 4) is 0 Å². The SMILES string of the molecule is COC(=O)c1ccc(S(=O)(=O)N(C)CCl)c([N+](=O)[O-])c1. The molecule has 0 bridgehead atoms. The van der Waals surface area contributed by atoms with E-state index in [-0.39, 0.29) is 11.6 Å². The second-order valence-corrected chi connectivity index (χ2v) is 5.91. The number of hydrogen-bond donors (Lipinski definition) is 0. The van der Waals surface area contributed by atoms with Crippen LogP contribution in [0.5, 0.6) is 0 Å². The molecule has 1 aromatic carbocycles. The van der Waals surface area contributed by atoms with Gasteiger partial charge >= 0.3 is 5.97 Å². The minimum Gasteiger partial charge on any atom is -0.465 e. The van der Waals surface area contributed by atoms with E-state index in [0.29, 0.717) is 0 Å². The number of sulfonamides is 1. The Bertz CT molecular complexity index is 645. The van der Waals surface area contributed by atoms with Crippen molar-refractivity contribution in [2.75, 3.05) is 20.2 Å². The molecule has 0 aliphatic heterocycles. The second kappa shape index (κ2) is 6.16. The highest BCUT2D eigenvalue weighted by Crippen LogP contribution is 2.27.